The highest BCUT2D eigenvalue weighted by atomic mass is 16.8. The summed E-state index contributed by atoms with van der Waals surface area (Å²) in [6, 6.07) is 23.8. The highest BCUT2D eigenvalue weighted by Crippen LogP contribution is 2.34. The molecule has 1 heterocycles. The van der Waals surface area contributed by atoms with Crippen molar-refractivity contribution in [3.05, 3.63) is 90.0 Å². The normalized spacial score (nSPS) is 18.1. The second-order valence-corrected chi connectivity index (χ2v) is 7.17. The molecule has 3 aromatic carbocycles. The van der Waals surface area contributed by atoms with Crippen LogP contribution in [0.2, 0.25) is 0 Å². The third kappa shape index (κ3) is 5.01. The lowest BCUT2D eigenvalue weighted by molar-refractivity contribution is -0.325. The van der Waals surface area contributed by atoms with Gasteiger partial charge in [0.25, 0.3) is 5.91 Å². The SMILES string of the molecule is COc1ccc([C@@H]2O[C@@H](COc3ccccc3)CN(C(=O)c3ccccc3)O2)cc1OC. The minimum Gasteiger partial charge on any atom is -0.493 e. The maximum atomic E-state index is 13.1. The van der Waals surface area contributed by atoms with Crippen molar-refractivity contribution in [2.45, 2.75) is 12.4 Å². The lowest BCUT2D eigenvalue weighted by Gasteiger charge is -2.37. The summed E-state index contributed by atoms with van der Waals surface area (Å²) in [6.07, 6.45) is -1.23. The minimum absolute atomic E-state index is 0.227. The molecule has 4 rings (SSSR count). The average Bonchev–Trinajstić information content (AvgIpc) is 2.87. The summed E-state index contributed by atoms with van der Waals surface area (Å²) in [6.45, 7) is 0.486. The first-order valence-corrected chi connectivity index (χ1v) is 10.3. The molecule has 3 aromatic rings. The topological polar surface area (TPSA) is 66.5 Å². The van der Waals surface area contributed by atoms with E-state index in [0.717, 1.165) is 5.75 Å². The zero-order chi connectivity index (χ0) is 22.3. The van der Waals surface area contributed by atoms with Crippen molar-refractivity contribution in [2.24, 2.45) is 0 Å². The summed E-state index contributed by atoms with van der Waals surface area (Å²) in [4.78, 5) is 19.0. The number of amides is 1. The molecule has 1 amide bonds. The van der Waals surface area contributed by atoms with Crippen LogP contribution in [0.1, 0.15) is 22.2 Å². The maximum absolute atomic E-state index is 13.1. The summed E-state index contributed by atoms with van der Waals surface area (Å²) in [5.41, 5.74) is 1.22. The lowest BCUT2D eigenvalue weighted by Crippen LogP contribution is -2.47. The van der Waals surface area contributed by atoms with Gasteiger partial charge in [0.1, 0.15) is 18.5 Å². The van der Waals surface area contributed by atoms with Gasteiger partial charge in [-0.25, -0.2) is 9.90 Å². The number of nitrogens with zero attached hydrogens (tertiary/aromatic N) is 1. The van der Waals surface area contributed by atoms with Gasteiger partial charge in [-0.15, -0.1) is 0 Å². The van der Waals surface area contributed by atoms with Crippen molar-refractivity contribution in [1.29, 1.82) is 0 Å². The number of hydrogen-bond acceptors (Lipinski definition) is 6. The maximum Gasteiger partial charge on any atom is 0.277 e. The van der Waals surface area contributed by atoms with E-state index < -0.39 is 12.4 Å². The van der Waals surface area contributed by atoms with Gasteiger partial charge in [0.15, 0.2) is 11.5 Å². The molecule has 0 aromatic heterocycles. The minimum atomic E-state index is -0.819. The summed E-state index contributed by atoms with van der Waals surface area (Å²) in [7, 11) is 3.13. The first-order chi connectivity index (χ1) is 15.7. The van der Waals surface area contributed by atoms with E-state index in [1.807, 2.05) is 54.6 Å². The van der Waals surface area contributed by atoms with Gasteiger partial charge in [-0.2, -0.15) is 0 Å². The van der Waals surface area contributed by atoms with Crippen LogP contribution in [0.5, 0.6) is 17.2 Å². The second-order valence-electron chi connectivity index (χ2n) is 7.17. The van der Waals surface area contributed by atoms with E-state index in [9.17, 15) is 4.79 Å². The molecule has 1 saturated heterocycles. The van der Waals surface area contributed by atoms with Crippen LogP contribution in [-0.4, -0.2) is 44.4 Å². The Morgan fingerprint density at radius 3 is 2.31 bits per heavy atom. The summed E-state index contributed by atoms with van der Waals surface area (Å²) in [5, 5.41) is 1.33. The predicted molar refractivity (Wildman–Crippen MR) is 118 cm³/mol. The molecule has 0 N–H and O–H groups in total. The third-order valence-corrected chi connectivity index (χ3v) is 5.01. The molecule has 166 valence electrons. The molecule has 0 bridgehead atoms. The molecule has 32 heavy (non-hydrogen) atoms. The Balaban J connectivity index is 1.57. The molecule has 0 aliphatic carbocycles. The van der Waals surface area contributed by atoms with Crippen molar-refractivity contribution in [2.75, 3.05) is 27.4 Å². The molecule has 7 nitrogen and oxygen atoms in total. The predicted octanol–water partition coefficient (Wildman–Crippen LogP) is 4.25. The number of carbonyl (C=O) groups is 1. The summed E-state index contributed by atoms with van der Waals surface area (Å²) in [5.74, 6) is 1.62. The molecule has 1 aliphatic heterocycles. The highest BCUT2D eigenvalue weighted by Gasteiger charge is 2.34. The fraction of sp³-hybridized carbons (Fsp3) is 0.240. The van der Waals surface area contributed by atoms with Gasteiger partial charge >= 0.3 is 0 Å². The average molecular weight is 435 g/mol. The van der Waals surface area contributed by atoms with Gasteiger partial charge in [0.2, 0.25) is 6.29 Å². The van der Waals surface area contributed by atoms with Crippen molar-refractivity contribution in [1.82, 2.24) is 5.06 Å². The molecule has 0 radical (unpaired) electrons. The van der Waals surface area contributed by atoms with E-state index in [-0.39, 0.29) is 19.1 Å². The first-order valence-electron chi connectivity index (χ1n) is 10.3. The summed E-state index contributed by atoms with van der Waals surface area (Å²) < 4.78 is 22.7. The third-order valence-electron chi connectivity index (χ3n) is 5.01. The van der Waals surface area contributed by atoms with Gasteiger partial charge in [-0.05, 0) is 42.5 Å². The number of ether oxygens (including phenoxy) is 4. The van der Waals surface area contributed by atoms with E-state index in [1.54, 1.807) is 38.5 Å². The Bertz CT molecular complexity index is 1030. The second kappa shape index (κ2) is 10.2. The van der Waals surface area contributed by atoms with E-state index in [1.165, 1.54) is 5.06 Å². The van der Waals surface area contributed by atoms with E-state index in [4.69, 9.17) is 23.8 Å². The number of methoxy groups -OCH3 is 2. The van der Waals surface area contributed by atoms with Gasteiger partial charge in [-0.3, -0.25) is 4.79 Å². The highest BCUT2D eigenvalue weighted by molar-refractivity contribution is 5.93. The molecular weight excluding hydrogens is 410 g/mol. The Kier molecular flexibility index (Phi) is 6.89. The molecule has 1 fully saturated rings. The Hall–Kier alpha value is -3.55. The molecule has 1 aliphatic rings. The van der Waals surface area contributed by atoms with Crippen LogP contribution in [0.15, 0.2) is 78.9 Å². The van der Waals surface area contributed by atoms with Gasteiger partial charge in [-0.1, -0.05) is 36.4 Å². The molecule has 7 heteroatoms. The van der Waals surface area contributed by atoms with E-state index in [0.29, 0.717) is 22.6 Å². The van der Waals surface area contributed by atoms with Crippen molar-refractivity contribution >= 4 is 5.91 Å². The lowest BCUT2D eigenvalue weighted by atomic mass is 10.1. The van der Waals surface area contributed by atoms with Crippen LogP contribution in [0.25, 0.3) is 0 Å². The van der Waals surface area contributed by atoms with Gasteiger partial charge in [0, 0.05) is 11.1 Å². The zero-order valence-electron chi connectivity index (χ0n) is 18.0. The van der Waals surface area contributed by atoms with Crippen LogP contribution in [0.4, 0.5) is 0 Å². The standard InChI is InChI=1S/C25H25NO6/c1-28-22-14-13-19(15-23(22)29-2)25-31-21(17-30-20-11-7-4-8-12-20)16-26(32-25)24(27)18-9-5-3-6-10-18/h3-15,21,25H,16-17H2,1-2H3/t21-,25-/m1/s1. The molecular formula is C25H25NO6. The van der Waals surface area contributed by atoms with Crippen LogP contribution in [-0.2, 0) is 9.57 Å². The Morgan fingerprint density at radius 2 is 1.62 bits per heavy atom. The van der Waals surface area contributed by atoms with Crippen LogP contribution < -0.4 is 14.2 Å². The van der Waals surface area contributed by atoms with Crippen molar-refractivity contribution < 1.29 is 28.6 Å². The van der Waals surface area contributed by atoms with Gasteiger partial charge < -0.3 is 18.9 Å². The number of para-hydroxylation sites is 1. The van der Waals surface area contributed by atoms with Crippen molar-refractivity contribution in [3.63, 3.8) is 0 Å². The summed E-state index contributed by atoms with van der Waals surface area (Å²) >= 11 is 0. The monoisotopic (exact) mass is 435 g/mol. The molecule has 0 saturated carbocycles. The zero-order valence-corrected chi connectivity index (χ0v) is 18.0. The van der Waals surface area contributed by atoms with Crippen LogP contribution in [0.3, 0.4) is 0 Å². The number of rotatable bonds is 7. The Labute approximate surface area is 187 Å². The molecule has 0 unspecified atom stereocenters. The quantitative estimate of drug-likeness (QED) is 0.553. The van der Waals surface area contributed by atoms with Crippen LogP contribution in [0, 0.1) is 0 Å². The Morgan fingerprint density at radius 1 is 0.938 bits per heavy atom. The number of benzene rings is 3. The van der Waals surface area contributed by atoms with Crippen molar-refractivity contribution in [3.8, 4) is 17.2 Å². The molecule has 2 atom stereocenters. The fourth-order valence-corrected chi connectivity index (χ4v) is 3.38. The van der Waals surface area contributed by atoms with E-state index in [2.05, 4.69) is 0 Å². The first kappa shape index (κ1) is 21.7. The largest absolute Gasteiger partial charge is 0.493 e. The smallest absolute Gasteiger partial charge is 0.277 e. The number of hydrogen-bond donors (Lipinski definition) is 0. The number of carbonyl (C=O) groups excluding carboxylic acids is 1. The molecule has 0 spiro atoms. The number of hydroxylamine groups is 2. The fourth-order valence-electron chi connectivity index (χ4n) is 3.38. The van der Waals surface area contributed by atoms with Crippen LogP contribution >= 0.6 is 0 Å². The van der Waals surface area contributed by atoms with E-state index >= 15 is 0 Å². The van der Waals surface area contributed by atoms with Gasteiger partial charge in [0.05, 0.1) is 20.8 Å².